The van der Waals surface area contributed by atoms with Crippen molar-refractivity contribution in [1.29, 1.82) is 0 Å². The first-order chi connectivity index (χ1) is 16.2. The van der Waals surface area contributed by atoms with Crippen molar-refractivity contribution < 1.29 is 13.2 Å². The maximum Gasteiger partial charge on any atom is 0.267 e. The Balaban J connectivity index is 2.02. The van der Waals surface area contributed by atoms with Crippen LogP contribution in [-0.2, 0) is 14.8 Å². The molecule has 0 radical (unpaired) electrons. The Morgan fingerprint density at radius 2 is 1.71 bits per heavy atom. The Hall–Kier alpha value is -3.30. The molecule has 3 rings (SSSR count). The molecule has 9 heteroatoms. The normalized spacial score (nSPS) is 12.5. The fourth-order valence-corrected chi connectivity index (χ4v) is 5.47. The van der Waals surface area contributed by atoms with Crippen molar-refractivity contribution in [2.24, 2.45) is 0 Å². The number of amides is 1. The van der Waals surface area contributed by atoms with Gasteiger partial charge in [-0.05, 0) is 43.2 Å². The molecule has 34 heavy (non-hydrogen) atoms. The van der Waals surface area contributed by atoms with Crippen molar-refractivity contribution in [3.05, 3.63) is 76.6 Å². The fraction of sp³-hybridized carbons (Fsp3) is 0.320. The second kappa shape index (κ2) is 10.8. The number of nitrogens with zero attached hydrogens (tertiary/aromatic N) is 3. The minimum Gasteiger partial charge on any atom is -0.324 e. The molecule has 1 atom stereocenters. The number of aryl methyl sites for hydroxylation is 1. The van der Waals surface area contributed by atoms with Crippen LogP contribution in [-0.4, -0.2) is 41.5 Å². The number of carbonyl (C=O) groups is 1. The topological polar surface area (TPSA) is 101 Å². The van der Waals surface area contributed by atoms with E-state index in [2.05, 4.69) is 10.4 Å². The number of carbonyl (C=O) groups excluding carboxylic acids is 1. The molecule has 1 aromatic heterocycles. The third kappa shape index (κ3) is 5.26. The molecular formula is C25H30N4O4S. The van der Waals surface area contributed by atoms with Crippen molar-refractivity contribution in [3.63, 3.8) is 0 Å². The zero-order chi connectivity index (χ0) is 24.9. The number of hydrogen-bond acceptors (Lipinski definition) is 5. The Morgan fingerprint density at radius 1 is 1.03 bits per heavy atom. The highest BCUT2D eigenvalue weighted by molar-refractivity contribution is 7.89. The first-order valence-electron chi connectivity index (χ1n) is 11.3. The summed E-state index contributed by atoms with van der Waals surface area (Å²) >= 11 is 0. The maximum absolute atomic E-state index is 13.1. The van der Waals surface area contributed by atoms with Gasteiger partial charge in [0.05, 0.1) is 10.6 Å². The van der Waals surface area contributed by atoms with Crippen molar-refractivity contribution in [2.75, 3.05) is 18.4 Å². The molecule has 2 aromatic carbocycles. The molecule has 0 aliphatic rings. The summed E-state index contributed by atoms with van der Waals surface area (Å²) in [5.41, 5.74) is 1.78. The molecule has 3 aromatic rings. The van der Waals surface area contributed by atoms with Gasteiger partial charge < -0.3 is 5.32 Å². The number of benzene rings is 2. The largest absolute Gasteiger partial charge is 0.324 e. The Morgan fingerprint density at radius 3 is 2.32 bits per heavy atom. The van der Waals surface area contributed by atoms with Gasteiger partial charge in [-0.15, -0.1) is 0 Å². The number of para-hydroxylation sites is 1. The van der Waals surface area contributed by atoms with E-state index in [4.69, 9.17) is 0 Å². The van der Waals surface area contributed by atoms with Gasteiger partial charge in [0.2, 0.25) is 15.9 Å². The summed E-state index contributed by atoms with van der Waals surface area (Å²) in [5.74, 6) is -0.353. The van der Waals surface area contributed by atoms with Crippen molar-refractivity contribution in [2.45, 2.75) is 45.1 Å². The molecule has 0 saturated heterocycles. The van der Waals surface area contributed by atoms with E-state index >= 15 is 0 Å². The SMILES string of the molecule is CCC(C(=O)Nc1ccccc1)n1nc(-c2ccc(C)c(S(=O)(=O)N(CC)CC)c2)ccc1=O. The molecule has 1 N–H and O–H groups in total. The van der Waals surface area contributed by atoms with Crippen LogP contribution in [0.5, 0.6) is 0 Å². The lowest BCUT2D eigenvalue weighted by Crippen LogP contribution is -2.34. The first-order valence-corrected chi connectivity index (χ1v) is 12.7. The summed E-state index contributed by atoms with van der Waals surface area (Å²) in [5, 5.41) is 7.27. The molecule has 0 aliphatic heterocycles. The molecule has 0 aliphatic carbocycles. The Labute approximate surface area is 200 Å². The van der Waals surface area contributed by atoms with E-state index in [1.165, 1.54) is 10.4 Å². The molecule has 8 nitrogen and oxygen atoms in total. The summed E-state index contributed by atoms with van der Waals surface area (Å²) < 4.78 is 28.8. The van der Waals surface area contributed by atoms with Gasteiger partial charge in [-0.1, -0.05) is 51.1 Å². The molecular weight excluding hydrogens is 452 g/mol. The maximum atomic E-state index is 13.1. The van der Waals surface area contributed by atoms with E-state index < -0.39 is 21.6 Å². The molecule has 1 heterocycles. The van der Waals surface area contributed by atoms with Crippen LogP contribution in [0.25, 0.3) is 11.3 Å². The fourth-order valence-electron chi connectivity index (χ4n) is 3.76. The highest BCUT2D eigenvalue weighted by Gasteiger charge is 2.25. The predicted molar refractivity (Wildman–Crippen MR) is 133 cm³/mol. The quantitative estimate of drug-likeness (QED) is 0.499. The third-order valence-corrected chi connectivity index (χ3v) is 7.85. The van der Waals surface area contributed by atoms with Gasteiger partial charge in [0, 0.05) is 30.4 Å². The molecule has 180 valence electrons. The van der Waals surface area contributed by atoms with Crippen molar-refractivity contribution >= 4 is 21.6 Å². The number of nitrogens with one attached hydrogen (secondary N) is 1. The van der Waals surface area contributed by atoms with E-state index in [9.17, 15) is 18.0 Å². The smallest absolute Gasteiger partial charge is 0.267 e. The van der Waals surface area contributed by atoms with Gasteiger partial charge >= 0.3 is 0 Å². The average molecular weight is 483 g/mol. The molecule has 0 saturated carbocycles. The summed E-state index contributed by atoms with van der Waals surface area (Å²) in [6.07, 6.45) is 0.352. The zero-order valence-corrected chi connectivity index (χ0v) is 20.7. The number of aromatic nitrogens is 2. The Bertz CT molecular complexity index is 1320. The summed E-state index contributed by atoms with van der Waals surface area (Å²) in [6.45, 7) is 7.86. The van der Waals surface area contributed by atoms with Crippen LogP contribution in [0, 0.1) is 6.92 Å². The number of sulfonamides is 1. The van der Waals surface area contributed by atoms with Gasteiger partial charge in [0.25, 0.3) is 5.56 Å². The average Bonchev–Trinajstić information content (AvgIpc) is 2.82. The molecule has 0 fully saturated rings. The van der Waals surface area contributed by atoms with Crippen LogP contribution in [0.3, 0.4) is 0 Å². The number of rotatable bonds is 9. The van der Waals surface area contributed by atoms with Gasteiger partial charge in [0.15, 0.2) is 0 Å². The lowest BCUT2D eigenvalue weighted by molar-refractivity contribution is -0.119. The van der Waals surface area contributed by atoms with Gasteiger partial charge in [-0.2, -0.15) is 9.40 Å². The van der Waals surface area contributed by atoms with Gasteiger partial charge in [-0.3, -0.25) is 9.59 Å². The minimum atomic E-state index is -3.68. The number of anilines is 1. The minimum absolute atomic E-state index is 0.196. The lowest BCUT2D eigenvalue weighted by Gasteiger charge is -2.20. The van der Waals surface area contributed by atoms with Crippen LogP contribution in [0.4, 0.5) is 5.69 Å². The van der Waals surface area contributed by atoms with Crippen LogP contribution in [0.15, 0.2) is 70.4 Å². The van der Waals surface area contributed by atoms with E-state index in [1.54, 1.807) is 64.1 Å². The van der Waals surface area contributed by atoms with Crippen LogP contribution in [0.1, 0.15) is 38.8 Å². The van der Waals surface area contributed by atoms with Crippen LogP contribution < -0.4 is 10.9 Å². The first kappa shape index (κ1) is 25.3. The van der Waals surface area contributed by atoms with Crippen LogP contribution in [0.2, 0.25) is 0 Å². The molecule has 1 unspecified atom stereocenters. The van der Waals surface area contributed by atoms with Crippen molar-refractivity contribution in [1.82, 2.24) is 14.1 Å². The van der Waals surface area contributed by atoms with E-state index in [-0.39, 0.29) is 10.8 Å². The standard InChI is InChI=1S/C25H30N4O4S/c1-5-22(25(31)26-20-11-9-8-10-12-20)29-24(30)16-15-21(27-29)19-14-13-18(4)23(17-19)34(32,33)28(6-2)7-3/h8-17,22H,5-7H2,1-4H3,(H,26,31). The predicted octanol–water partition coefficient (Wildman–Crippen LogP) is 3.84. The highest BCUT2D eigenvalue weighted by atomic mass is 32.2. The molecule has 1 amide bonds. The van der Waals surface area contributed by atoms with Crippen molar-refractivity contribution in [3.8, 4) is 11.3 Å². The second-order valence-electron chi connectivity index (χ2n) is 7.85. The van der Waals surface area contributed by atoms with E-state index in [1.807, 2.05) is 18.2 Å². The van der Waals surface area contributed by atoms with Crippen LogP contribution >= 0.6 is 0 Å². The summed E-state index contributed by atoms with van der Waals surface area (Å²) in [4.78, 5) is 25.7. The monoisotopic (exact) mass is 482 g/mol. The van der Waals surface area contributed by atoms with E-state index in [0.29, 0.717) is 42.0 Å². The van der Waals surface area contributed by atoms with Gasteiger partial charge in [0.1, 0.15) is 6.04 Å². The van der Waals surface area contributed by atoms with Gasteiger partial charge in [-0.25, -0.2) is 13.1 Å². The van der Waals surface area contributed by atoms with E-state index in [0.717, 1.165) is 4.68 Å². The zero-order valence-electron chi connectivity index (χ0n) is 19.9. The number of hydrogen-bond donors (Lipinski definition) is 1. The second-order valence-corrected chi connectivity index (χ2v) is 9.76. The highest BCUT2D eigenvalue weighted by Crippen LogP contribution is 2.26. The molecule has 0 spiro atoms. The third-order valence-electron chi connectivity index (χ3n) is 5.66. The lowest BCUT2D eigenvalue weighted by atomic mass is 10.1. The Kier molecular flexibility index (Phi) is 8.01. The summed E-state index contributed by atoms with van der Waals surface area (Å²) in [7, 11) is -3.68. The molecule has 0 bridgehead atoms. The summed E-state index contributed by atoms with van der Waals surface area (Å²) in [6, 6.07) is 16.1.